The summed E-state index contributed by atoms with van der Waals surface area (Å²) in [7, 11) is 0. The van der Waals surface area contributed by atoms with Crippen LogP contribution < -0.4 is 5.32 Å². The van der Waals surface area contributed by atoms with Crippen LogP contribution in [0.1, 0.15) is 31.1 Å². The van der Waals surface area contributed by atoms with Crippen LogP contribution in [0.5, 0.6) is 5.75 Å². The number of nitrogens with zero attached hydrogens (tertiary/aromatic N) is 1. The zero-order chi connectivity index (χ0) is 14.4. The fourth-order valence-corrected chi connectivity index (χ4v) is 2.24. The molecule has 106 valence electrons. The molecule has 1 aromatic carbocycles. The number of likely N-dealkylation sites (N-methyl/N-ethyl adjacent to an activating group) is 1. The predicted octanol–water partition coefficient (Wildman–Crippen LogP) is 2.61. The number of phenolic OH excluding ortho intramolecular Hbond substituents is 1. The third kappa shape index (κ3) is 4.84. The van der Waals surface area contributed by atoms with Gasteiger partial charge in [0.2, 0.25) is 0 Å². The third-order valence-corrected chi connectivity index (χ3v) is 3.52. The summed E-state index contributed by atoms with van der Waals surface area (Å²) in [5.41, 5.74) is 0.293. The number of carbonyl (C=O) groups excluding carboxylic acids is 1. The Labute approximate surface area is 122 Å². The van der Waals surface area contributed by atoms with Crippen LogP contribution >= 0.6 is 15.9 Å². The molecule has 5 heteroatoms. The van der Waals surface area contributed by atoms with Crippen molar-refractivity contribution in [3.05, 3.63) is 28.2 Å². The summed E-state index contributed by atoms with van der Waals surface area (Å²) in [4.78, 5) is 14.2. The Morgan fingerprint density at radius 2 is 2.16 bits per heavy atom. The van der Waals surface area contributed by atoms with Crippen LogP contribution in [0, 0.1) is 0 Å². The van der Waals surface area contributed by atoms with Gasteiger partial charge in [-0.1, -0.05) is 22.9 Å². The van der Waals surface area contributed by atoms with Crippen molar-refractivity contribution < 1.29 is 9.90 Å². The van der Waals surface area contributed by atoms with Crippen LogP contribution in [0.3, 0.4) is 0 Å². The number of rotatable bonds is 6. The molecule has 0 aliphatic rings. The van der Waals surface area contributed by atoms with Gasteiger partial charge >= 0.3 is 0 Å². The molecule has 0 radical (unpaired) electrons. The van der Waals surface area contributed by atoms with Crippen molar-refractivity contribution in [1.29, 1.82) is 0 Å². The average Bonchev–Trinajstić information content (AvgIpc) is 2.36. The molecule has 0 aliphatic carbocycles. The molecule has 0 heterocycles. The van der Waals surface area contributed by atoms with Gasteiger partial charge in [-0.15, -0.1) is 0 Å². The van der Waals surface area contributed by atoms with Crippen LogP contribution in [-0.4, -0.2) is 41.6 Å². The normalized spacial score (nSPS) is 11.1. The molecule has 1 rings (SSSR count). The number of phenols is 1. The molecule has 0 aromatic heterocycles. The molecule has 4 nitrogen and oxygen atoms in total. The zero-order valence-electron chi connectivity index (χ0n) is 11.6. The van der Waals surface area contributed by atoms with Crippen molar-refractivity contribution in [2.24, 2.45) is 0 Å². The minimum absolute atomic E-state index is 0.00286. The van der Waals surface area contributed by atoms with E-state index >= 15 is 0 Å². The molecule has 1 aromatic rings. The Hall–Kier alpha value is -1.07. The molecule has 1 amide bonds. The first-order valence-corrected chi connectivity index (χ1v) is 7.25. The summed E-state index contributed by atoms with van der Waals surface area (Å²) in [6.45, 7) is 8.68. The maximum atomic E-state index is 11.9. The Bertz CT molecular complexity index is 435. The lowest BCUT2D eigenvalue weighted by atomic mass is 10.2. The van der Waals surface area contributed by atoms with Gasteiger partial charge in [-0.2, -0.15) is 0 Å². The fraction of sp³-hybridized carbons (Fsp3) is 0.500. The summed E-state index contributed by atoms with van der Waals surface area (Å²) in [6, 6.07) is 5.28. The van der Waals surface area contributed by atoms with E-state index in [1.54, 1.807) is 12.1 Å². The Morgan fingerprint density at radius 3 is 2.74 bits per heavy atom. The lowest BCUT2D eigenvalue weighted by molar-refractivity contribution is 0.0943. The lowest BCUT2D eigenvalue weighted by Crippen LogP contribution is -2.38. The maximum Gasteiger partial charge on any atom is 0.255 e. The fourth-order valence-electron chi connectivity index (χ4n) is 1.88. The van der Waals surface area contributed by atoms with Gasteiger partial charge < -0.3 is 10.4 Å². The van der Waals surface area contributed by atoms with Crippen LogP contribution in [0.15, 0.2) is 22.7 Å². The summed E-state index contributed by atoms with van der Waals surface area (Å²) < 4.78 is 0.771. The minimum atomic E-state index is -0.251. The van der Waals surface area contributed by atoms with E-state index in [4.69, 9.17) is 0 Å². The molecule has 0 fully saturated rings. The van der Waals surface area contributed by atoms with E-state index in [-0.39, 0.29) is 11.7 Å². The topological polar surface area (TPSA) is 52.6 Å². The Balaban J connectivity index is 2.54. The standard InChI is InChI=1S/C14H21BrN2O2/c1-4-17(10(2)3)8-7-16-14(19)12-9-11(15)5-6-13(12)18/h5-6,9-10,18H,4,7-8H2,1-3H3,(H,16,19). The van der Waals surface area contributed by atoms with Crippen molar-refractivity contribution in [2.75, 3.05) is 19.6 Å². The summed E-state index contributed by atoms with van der Waals surface area (Å²) >= 11 is 3.29. The summed E-state index contributed by atoms with van der Waals surface area (Å²) in [5, 5.41) is 12.5. The van der Waals surface area contributed by atoms with Gasteiger partial charge in [0.15, 0.2) is 0 Å². The van der Waals surface area contributed by atoms with Gasteiger partial charge in [-0.25, -0.2) is 0 Å². The molecule has 0 spiro atoms. The Kier molecular flexibility index (Phi) is 6.31. The highest BCUT2D eigenvalue weighted by Gasteiger charge is 2.12. The average molecular weight is 329 g/mol. The quantitative estimate of drug-likeness (QED) is 0.844. The van der Waals surface area contributed by atoms with E-state index in [0.717, 1.165) is 17.6 Å². The molecule has 0 bridgehead atoms. The SMILES string of the molecule is CCN(CCNC(=O)c1cc(Br)ccc1O)C(C)C. The van der Waals surface area contributed by atoms with E-state index in [0.29, 0.717) is 18.2 Å². The van der Waals surface area contributed by atoms with E-state index < -0.39 is 0 Å². The van der Waals surface area contributed by atoms with Crippen molar-refractivity contribution in [3.63, 3.8) is 0 Å². The van der Waals surface area contributed by atoms with Gasteiger partial charge in [0.25, 0.3) is 5.91 Å². The van der Waals surface area contributed by atoms with E-state index in [1.807, 2.05) is 0 Å². The lowest BCUT2D eigenvalue weighted by Gasteiger charge is -2.24. The first kappa shape index (κ1) is 16.0. The predicted molar refractivity (Wildman–Crippen MR) is 80.5 cm³/mol. The highest BCUT2D eigenvalue weighted by Crippen LogP contribution is 2.21. The second kappa shape index (κ2) is 7.50. The van der Waals surface area contributed by atoms with Gasteiger partial charge in [-0.05, 0) is 38.6 Å². The number of halogens is 1. The van der Waals surface area contributed by atoms with Gasteiger partial charge in [-0.3, -0.25) is 9.69 Å². The van der Waals surface area contributed by atoms with E-state index in [2.05, 4.69) is 46.9 Å². The molecule has 0 saturated heterocycles. The highest BCUT2D eigenvalue weighted by atomic mass is 79.9. The largest absolute Gasteiger partial charge is 0.507 e. The van der Waals surface area contributed by atoms with Crippen LogP contribution in [-0.2, 0) is 0 Å². The van der Waals surface area contributed by atoms with Crippen molar-refractivity contribution >= 4 is 21.8 Å². The van der Waals surface area contributed by atoms with Crippen molar-refractivity contribution in [3.8, 4) is 5.75 Å². The second-order valence-electron chi connectivity index (χ2n) is 4.64. The number of hydrogen-bond acceptors (Lipinski definition) is 3. The number of aromatic hydroxyl groups is 1. The van der Waals surface area contributed by atoms with Crippen LogP contribution in [0.25, 0.3) is 0 Å². The highest BCUT2D eigenvalue weighted by molar-refractivity contribution is 9.10. The van der Waals surface area contributed by atoms with Crippen LogP contribution in [0.4, 0.5) is 0 Å². The molecule has 2 N–H and O–H groups in total. The van der Waals surface area contributed by atoms with Crippen molar-refractivity contribution in [1.82, 2.24) is 10.2 Å². The first-order valence-electron chi connectivity index (χ1n) is 6.46. The molecule has 0 unspecified atom stereocenters. The number of benzene rings is 1. The molecular formula is C14H21BrN2O2. The van der Waals surface area contributed by atoms with Gasteiger partial charge in [0.05, 0.1) is 5.56 Å². The third-order valence-electron chi connectivity index (χ3n) is 3.02. The molecule has 19 heavy (non-hydrogen) atoms. The summed E-state index contributed by atoms with van der Waals surface area (Å²) in [5.74, 6) is -0.254. The van der Waals surface area contributed by atoms with Gasteiger partial charge in [0, 0.05) is 23.6 Å². The molecular weight excluding hydrogens is 308 g/mol. The second-order valence-corrected chi connectivity index (χ2v) is 5.56. The molecule has 0 aliphatic heterocycles. The number of carbonyl (C=O) groups is 1. The van der Waals surface area contributed by atoms with Gasteiger partial charge in [0.1, 0.15) is 5.75 Å². The molecule has 0 saturated carbocycles. The van der Waals surface area contributed by atoms with E-state index in [9.17, 15) is 9.90 Å². The van der Waals surface area contributed by atoms with Crippen molar-refractivity contribution in [2.45, 2.75) is 26.8 Å². The first-order chi connectivity index (χ1) is 8.95. The summed E-state index contributed by atoms with van der Waals surface area (Å²) in [6.07, 6.45) is 0. The smallest absolute Gasteiger partial charge is 0.255 e. The Morgan fingerprint density at radius 1 is 1.47 bits per heavy atom. The van der Waals surface area contributed by atoms with E-state index in [1.165, 1.54) is 6.07 Å². The zero-order valence-corrected chi connectivity index (χ0v) is 13.2. The minimum Gasteiger partial charge on any atom is -0.507 e. The molecule has 0 atom stereocenters. The number of nitrogens with one attached hydrogen (secondary N) is 1. The number of amides is 1. The van der Waals surface area contributed by atoms with Crippen LogP contribution in [0.2, 0.25) is 0 Å². The maximum absolute atomic E-state index is 11.9. The monoisotopic (exact) mass is 328 g/mol. The number of hydrogen-bond donors (Lipinski definition) is 2.